The monoisotopic (exact) mass is 299 g/mol. The molecule has 1 aromatic carbocycles. The lowest BCUT2D eigenvalue weighted by atomic mass is 10.3. The first-order chi connectivity index (χ1) is 9.15. The second kappa shape index (κ2) is 8.04. The van der Waals surface area contributed by atoms with E-state index in [9.17, 15) is 4.21 Å². The van der Waals surface area contributed by atoms with Crippen LogP contribution in [0.5, 0.6) is 11.5 Å². The maximum absolute atomic E-state index is 12.2. The van der Waals surface area contributed by atoms with Gasteiger partial charge in [0.15, 0.2) is 11.5 Å². The quantitative estimate of drug-likeness (QED) is 0.574. The van der Waals surface area contributed by atoms with E-state index in [1.165, 1.54) is 0 Å². The van der Waals surface area contributed by atoms with Gasteiger partial charge in [0.1, 0.15) is 0 Å². The van der Waals surface area contributed by atoms with Gasteiger partial charge < -0.3 is 9.47 Å². The molecule has 0 saturated heterocycles. The number of thiocarbonyl (C=S) groups is 1. The van der Waals surface area contributed by atoms with E-state index in [0.29, 0.717) is 22.1 Å². The van der Waals surface area contributed by atoms with Crippen LogP contribution in [-0.2, 0) is 10.8 Å². The first-order valence-corrected chi connectivity index (χ1v) is 7.56. The predicted molar refractivity (Wildman–Crippen MR) is 79.9 cm³/mol. The molecule has 6 heteroatoms. The number of ether oxygens (including phenoxy) is 2. The van der Waals surface area contributed by atoms with Gasteiger partial charge in [-0.05, 0) is 30.8 Å². The van der Waals surface area contributed by atoms with Gasteiger partial charge in [0.2, 0.25) is 0 Å². The van der Waals surface area contributed by atoms with Gasteiger partial charge >= 0.3 is 0 Å². The maximum Gasteiger partial charge on any atom is 0.161 e. The molecule has 0 amide bonds. The molecule has 2 unspecified atom stereocenters. The Labute approximate surface area is 121 Å². The lowest BCUT2D eigenvalue weighted by Gasteiger charge is -2.11. The Morgan fingerprint density at radius 3 is 2.58 bits per heavy atom. The summed E-state index contributed by atoms with van der Waals surface area (Å²) >= 11 is 4.58. The molecule has 104 valence electrons. The molecule has 0 aliphatic heterocycles. The molecule has 0 aromatic heterocycles. The van der Waals surface area contributed by atoms with Gasteiger partial charge in [-0.2, -0.15) is 0 Å². The summed E-state index contributed by atoms with van der Waals surface area (Å²) in [7, 11) is 1.96. The predicted octanol–water partition coefficient (Wildman–Crippen LogP) is 2.69. The van der Waals surface area contributed by atoms with Crippen LogP contribution in [-0.4, -0.2) is 35.4 Å². The highest BCUT2D eigenvalue weighted by atomic mass is 32.2. The molecule has 1 rings (SSSR count). The molecule has 1 aromatic rings. The summed E-state index contributed by atoms with van der Waals surface area (Å²) in [6.45, 7) is 1.98. The van der Waals surface area contributed by atoms with Crippen molar-refractivity contribution in [1.82, 2.24) is 0 Å². The molecular formula is C13H17NO3S2. The summed E-state index contributed by atoms with van der Waals surface area (Å²) in [5, 5.41) is 2.35. The lowest BCUT2D eigenvalue weighted by molar-refractivity contribution is 0.354. The Kier molecular flexibility index (Phi) is 6.70. The molecule has 0 N–H and O–H groups in total. The molecule has 2 atom stereocenters. The van der Waals surface area contributed by atoms with Crippen molar-refractivity contribution in [3.8, 4) is 11.5 Å². The average Bonchev–Trinajstić information content (AvgIpc) is 2.45. The van der Waals surface area contributed by atoms with Gasteiger partial charge in [-0.25, -0.2) is 4.99 Å². The number of methoxy groups -OCH3 is 2. The number of benzene rings is 1. The van der Waals surface area contributed by atoms with E-state index in [0.717, 1.165) is 6.42 Å². The van der Waals surface area contributed by atoms with E-state index in [1.54, 1.807) is 32.4 Å². The average molecular weight is 299 g/mol. The first-order valence-electron chi connectivity index (χ1n) is 5.83. The smallest absolute Gasteiger partial charge is 0.161 e. The third kappa shape index (κ3) is 4.42. The van der Waals surface area contributed by atoms with E-state index in [1.807, 2.05) is 6.92 Å². The summed E-state index contributed by atoms with van der Waals surface area (Å²) in [5.41, 5.74) is 0. The number of aliphatic imine (C=N–C) groups is 1. The van der Waals surface area contributed by atoms with Crippen LogP contribution >= 0.6 is 12.2 Å². The summed E-state index contributed by atoms with van der Waals surface area (Å²) in [6, 6.07) is 5.18. The molecule has 0 aliphatic carbocycles. The molecule has 0 radical (unpaired) electrons. The molecule has 0 fully saturated rings. The fourth-order valence-electron chi connectivity index (χ4n) is 1.55. The van der Waals surface area contributed by atoms with Crippen LogP contribution in [0.25, 0.3) is 0 Å². The van der Waals surface area contributed by atoms with Gasteiger partial charge in [-0.15, -0.1) is 0 Å². The van der Waals surface area contributed by atoms with Crippen molar-refractivity contribution >= 4 is 28.2 Å². The fourth-order valence-corrected chi connectivity index (χ4v) is 3.01. The third-order valence-corrected chi connectivity index (χ3v) is 4.24. The Bertz CT molecular complexity index is 499. The van der Waals surface area contributed by atoms with Gasteiger partial charge in [0.25, 0.3) is 0 Å². The largest absolute Gasteiger partial charge is 0.493 e. The Balaban J connectivity index is 2.90. The molecule has 0 aliphatic rings. The van der Waals surface area contributed by atoms with E-state index in [4.69, 9.17) is 9.47 Å². The van der Waals surface area contributed by atoms with Crippen molar-refractivity contribution in [1.29, 1.82) is 0 Å². The molecule has 0 bridgehead atoms. The minimum absolute atomic E-state index is 0.0635. The van der Waals surface area contributed by atoms with Gasteiger partial charge in [0, 0.05) is 11.0 Å². The van der Waals surface area contributed by atoms with E-state index in [-0.39, 0.29) is 6.04 Å². The van der Waals surface area contributed by atoms with Crippen molar-refractivity contribution in [3.05, 3.63) is 18.2 Å². The van der Waals surface area contributed by atoms with Crippen molar-refractivity contribution in [2.24, 2.45) is 4.99 Å². The Morgan fingerprint density at radius 1 is 1.37 bits per heavy atom. The maximum atomic E-state index is 12.2. The zero-order valence-electron chi connectivity index (χ0n) is 11.2. The van der Waals surface area contributed by atoms with Crippen molar-refractivity contribution in [2.45, 2.75) is 24.3 Å². The lowest BCUT2D eigenvalue weighted by Crippen LogP contribution is -2.14. The molecular weight excluding hydrogens is 282 g/mol. The van der Waals surface area contributed by atoms with Crippen LogP contribution in [0, 0.1) is 0 Å². The van der Waals surface area contributed by atoms with E-state index in [2.05, 4.69) is 22.4 Å². The summed E-state index contributed by atoms with van der Waals surface area (Å²) in [6.07, 6.45) is 0.780. The molecule has 0 spiro atoms. The second-order valence-corrected chi connectivity index (χ2v) is 5.49. The first kappa shape index (κ1) is 15.8. The SMILES string of the molecule is CCC(CS(=O)c1ccc(OC)c(OC)c1)N=C=S. The summed E-state index contributed by atoms with van der Waals surface area (Å²) < 4.78 is 22.6. The topological polar surface area (TPSA) is 47.9 Å². The molecule has 4 nitrogen and oxygen atoms in total. The van der Waals surface area contributed by atoms with Gasteiger partial charge in [-0.3, -0.25) is 4.21 Å². The van der Waals surface area contributed by atoms with Crippen LogP contribution < -0.4 is 9.47 Å². The van der Waals surface area contributed by atoms with Crippen LogP contribution in [0.3, 0.4) is 0 Å². The van der Waals surface area contributed by atoms with Gasteiger partial charge in [-0.1, -0.05) is 6.92 Å². The molecule has 19 heavy (non-hydrogen) atoms. The second-order valence-electron chi connectivity index (χ2n) is 3.81. The molecule has 0 saturated carbocycles. The zero-order valence-corrected chi connectivity index (χ0v) is 12.8. The standard InChI is InChI=1S/C13H17NO3S2/c1-4-10(14-9-18)8-19(15)11-5-6-12(16-2)13(7-11)17-3/h5-7,10H,4,8H2,1-3H3. The van der Waals surface area contributed by atoms with Crippen LogP contribution in [0.15, 0.2) is 28.1 Å². The van der Waals surface area contributed by atoms with Crippen LogP contribution in [0.2, 0.25) is 0 Å². The molecule has 0 heterocycles. The van der Waals surface area contributed by atoms with Gasteiger partial charge in [0.05, 0.1) is 42.0 Å². The van der Waals surface area contributed by atoms with Crippen molar-refractivity contribution in [2.75, 3.05) is 20.0 Å². The zero-order chi connectivity index (χ0) is 14.3. The highest BCUT2D eigenvalue weighted by Gasteiger charge is 2.13. The number of isothiocyanates is 1. The summed E-state index contributed by atoms with van der Waals surface area (Å²) in [4.78, 5) is 4.69. The summed E-state index contributed by atoms with van der Waals surface area (Å²) in [5.74, 6) is 1.61. The minimum atomic E-state index is -1.15. The van der Waals surface area contributed by atoms with Crippen LogP contribution in [0.1, 0.15) is 13.3 Å². The Morgan fingerprint density at radius 2 is 2.05 bits per heavy atom. The highest BCUT2D eigenvalue weighted by molar-refractivity contribution is 7.85. The highest BCUT2D eigenvalue weighted by Crippen LogP contribution is 2.29. The Hall–Kier alpha value is -1.23. The number of rotatable bonds is 7. The normalized spacial score (nSPS) is 13.2. The van der Waals surface area contributed by atoms with E-state index < -0.39 is 10.8 Å². The van der Waals surface area contributed by atoms with Crippen LogP contribution in [0.4, 0.5) is 0 Å². The third-order valence-electron chi connectivity index (χ3n) is 2.67. The minimum Gasteiger partial charge on any atom is -0.493 e. The number of nitrogens with zero attached hydrogens (tertiary/aromatic N) is 1. The van der Waals surface area contributed by atoms with Crippen molar-refractivity contribution < 1.29 is 13.7 Å². The van der Waals surface area contributed by atoms with Crippen molar-refractivity contribution in [3.63, 3.8) is 0 Å². The fraction of sp³-hybridized carbons (Fsp3) is 0.462. The number of hydrogen-bond acceptors (Lipinski definition) is 5. The van der Waals surface area contributed by atoms with E-state index >= 15 is 0 Å². The number of hydrogen-bond donors (Lipinski definition) is 0.